The van der Waals surface area contributed by atoms with Gasteiger partial charge in [0.1, 0.15) is 6.10 Å². The van der Waals surface area contributed by atoms with Crippen LogP contribution in [0.25, 0.3) is 0 Å². The van der Waals surface area contributed by atoms with E-state index in [9.17, 15) is 9.90 Å². The molecule has 1 N–H and O–H groups in total. The fraction of sp³-hybridized carbons (Fsp3) is 0.723. The number of esters is 1. The van der Waals surface area contributed by atoms with E-state index in [1.165, 1.54) is 96.3 Å². The number of rotatable bonds is 39. The van der Waals surface area contributed by atoms with Gasteiger partial charge in [-0.15, -0.1) is 0 Å². The molecule has 0 aliphatic rings. The molecule has 0 saturated carbocycles. The predicted octanol–water partition coefficient (Wildman–Crippen LogP) is 14.2. The molecule has 0 fully saturated rings. The molecule has 0 spiro atoms. The van der Waals surface area contributed by atoms with Crippen LogP contribution in [-0.4, -0.2) is 37.0 Å². The van der Waals surface area contributed by atoms with Crippen molar-refractivity contribution >= 4 is 5.97 Å². The van der Waals surface area contributed by atoms with Gasteiger partial charge in [-0.05, 0) is 64.2 Å². The highest BCUT2D eigenvalue weighted by Crippen LogP contribution is 2.15. The summed E-state index contributed by atoms with van der Waals surface area (Å²) in [6, 6.07) is 0. The zero-order valence-electron chi connectivity index (χ0n) is 33.6. The number of allylic oxidation sites excluding steroid dienone is 12. The third-order valence-electron chi connectivity index (χ3n) is 9.05. The fourth-order valence-corrected chi connectivity index (χ4v) is 5.86. The number of carbonyl (C=O) groups is 1. The minimum absolute atomic E-state index is 0.187. The zero-order chi connectivity index (χ0) is 37.0. The Labute approximate surface area is 317 Å². The van der Waals surface area contributed by atoms with Crippen LogP contribution < -0.4 is 0 Å². The summed E-state index contributed by atoms with van der Waals surface area (Å²) in [4.78, 5) is 12.2. The lowest BCUT2D eigenvalue weighted by molar-refractivity contribution is -0.154. The van der Waals surface area contributed by atoms with Crippen molar-refractivity contribution in [1.82, 2.24) is 0 Å². The SMILES string of the molecule is CC/C=C\C/C=C\C/C=C\C/C=C\C/C=C\C/C=C\CCCCCOCC(CO)OC(=O)CCCCCCCCCCCCCCCCCCC. The molecular formula is C47H82O4. The van der Waals surface area contributed by atoms with E-state index in [0.29, 0.717) is 13.0 Å². The van der Waals surface area contributed by atoms with Crippen LogP contribution >= 0.6 is 0 Å². The summed E-state index contributed by atoms with van der Waals surface area (Å²) in [5, 5.41) is 9.60. The molecular weight excluding hydrogens is 629 g/mol. The van der Waals surface area contributed by atoms with Gasteiger partial charge in [0.05, 0.1) is 13.2 Å². The molecule has 0 aromatic carbocycles. The Morgan fingerprint density at radius 2 is 0.882 bits per heavy atom. The van der Waals surface area contributed by atoms with Crippen molar-refractivity contribution in [3.05, 3.63) is 72.9 Å². The number of hydrogen-bond donors (Lipinski definition) is 1. The molecule has 0 aliphatic carbocycles. The van der Waals surface area contributed by atoms with Crippen LogP contribution in [0.1, 0.15) is 194 Å². The van der Waals surface area contributed by atoms with Crippen molar-refractivity contribution in [3.8, 4) is 0 Å². The highest BCUT2D eigenvalue weighted by Gasteiger charge is 2.13. The number of hydrogen-bond acceptors (Lipinski definition) is 4. The van der Waals surface area contributed by atoms with Crippen molar-refractivity contribution in [2.45, 2.75) is 200 Å². The van der Waals surface area contributed by atoms with Crippen LogP contribution in [0.3, 0.4) is 0 Å². The molecule has 51 heavy (non-hydrogen) atoms. The molecule has 294 valence electrons. The summed E-state index contributed by atoms with van der Waals surface area (Å²) >= 11 is 0. The average Bonchev–Trinajstić information content (AvgIpc) is 3.14. The normalized spacial score (nSPS) is 13.1. The van der Waals surface area contributed by atoms with Crippen LogP contribution in [0, 0.1) is 0 Å². The van der Waals surface area contributed by atoms with E-state index in [0.717, 1.165) is 77.0 Å². The van der Waals surface area contributed by atoms with Gasteiger partial charge in [0.2, 0.25) is 0 Å². The average molecular weight is 711 g/mol. The highest BCUT2D eigenvalue weighted by molar-refractivity contribution is 5.69. The Balaban J connectivity index is 3.53. The molecule has 0 amide bonds. The summed E-state index contributed by atoms with van der Waals surface area (Å²) in [5.41, 5.74) is 0. The third-order valence-corrected chi connectivity index (χ3v) is 9.05. The summed E-state index contributed by atoms with van der Waals surface area (Å²) in [5.74, 6) is -0.213. The maximum atomic E-state index is 12.2. The minimum atomic E-state index is -0.554. The molecule has 0 saturated heterocycles. The Morgan fingerprint density at radius 3 is 1.31 bits per heavy atom. The summed E-state index contributed by atoms with van der Waals surface area (Å²) in [6.45, 7) is 5.16. The van der Waals surface area contributed by atoms with Gasteiger partial charge in [-0.2, -0.15) is 0 Å². The largest absolute Gasteiger partial charge is 0.457 e. The zero-order valence-corrected chi connectivity index (χ0v) is 33.6. The third kappa shape index (κ3) is 42.1. The number of unbranched alkanes of at least 4 members (excludes halogenated alkanes) is 19. The van der Waals surface area contributed by atoms with Gasteiger partial charge in [-0.3, -0.25) is 4.79 Å². The number of carbonyl (C=O) groups excluding carboxylic acids is 1. The van der Waals surface area contributed by atoms with Gasteiger partial charge in [-0.25, -0.2) is 0 Å². The lowest BCUT2D eigenvalue weighted by Crippen LogP contribution is -2.27. The first-order valence-corrected chi connectivity index (χ1v) is 21.5. The van der Waals surface area contributed by atoms with Crippen LogP contribution in [0.2, 0.25) is 0 Å². The molecule has 0 heterocycles. The molecule has 1 unspecified atom stereocenters. The summed E-state index contributed by atoms with van der Waals surface area (Å²) < 4.78 is 11.1. The van der Waals surface area contributed by atoms with Crippen molar-refractivity contribution in [1.29, 1.82) is 0 Å². The molecule has 0 bridgehead atoms. The molecule has 0 rings (SSSR count). The van der Waals surface area contributed by atoms with E-state index in [4.69, 9.17) is 9.47 Å². The highest BCUT2D eigenvalue weighted by atomic mass is 16.6. The molecule has 0 radical (unpaired) electrons. The van der Waals surface area contributed by atoms with Crippen molar-refractivity contribution < 1.29 is 19.4 Å². The first kappa shape index (κ1) is 48.8. The summed E-state index contributed by atoms with van der Waals surface area (Å²) in [7, 11) is 0. The minimum Gasteiger partial charge on any atom is -0.457 e. The van der Waals surface area contributed by atoms with Gasteiger partial charge >= 0.3 is 5.97 Å². The van der Waals surface area contributed by atoms with E-state index >= 15 is 0 Å². The van der Waals surface area contributed by atoms with E-state index in [1.807, 2.05) is 0 Å². The lowest BCUT2D eigenvalue weighted by atomic mass is 10.0. The maximum absolute atomic E-state index is 12.2. The Morgan fingerprint density at radius 1 is 0.490 bits per heavy atom. The van der Waals surface area contributed by atoms with Crippen molar-refractivity contribution in [2.24, 2.45) is 0 Å². The molecule has 4 heteroatoms. The van der Waals surface area contributed by atoms with Gasteiger partial charge in [0.25, 0.3) is 0 Å². The van der Waals surface area contributed by atoms with Crippen LogP contribution in [-0.2, 0) is 14.3 Å². The molecule has 4 nitrogen and oxygen atoms in total. The number of aliphatic hydroxyl groups is 1. The number of ether oxygens (including phenoxy) is 2. The van der Waals surface area contributed by atoms with Gasteiger partial charge in [0.15, 0.2) is 0 Å². The monoisotopic (exact) mass is 711 g/mol. The van der Waals surface area contributed by atoms with Crippen LogP contribution in [0.4, 0.5) is 0 Å². The first-order chi connectivity index (χ1) is 25.2. The van der Waals surface area contributed by atoms with E-state index in [-0.39, 0.29) is 19.2 Å². The topological polar surface area (TPSA) is 55.8 Å². The Kier molecular flexibility index (Phi) is 42.1. The van der Waals surface area contributed by atoms with E-state index in [2.05, 4.69) is 86.8 Å². The van der Waals surface area contributed by atoms with Gasteiger partial charge in [0, 0.05) is 13.0 Å². The second-order valence-corrected chi connectivity index (χ2v) is 14.0. The molecule has 0 aromatic heterocycles. The van der Waals surface area contributed by atoms with E-state index < -0.39 is 6.10 Å². The molecule has 0 aliphatic heterocycles. The second-order valence-electron chi connectivity index (χ2n) is 14.0. The van der Waals surface area contributed by atoms with Crippen LogP contribution in [0.5, 0.6) is 0 Å². The fourth-order valence-electron chi connectivity index (χ4n) is 5.86. The predicted molar refractivity (Wildman–Crippen MR) is 223 cm³/mol. The maximum Gasteiger partial charge on any atom is 0.306 e. The van der Waals surface area contributed by atoms with Crippen molar-refractivity contribution in [2.75, 3.05) is 19.8 Å². The lowest BCUT2D eigenvalue weighted by Gasteiger charge is -2.15. The van der Waals surface area contributed by atoms with Crippen molar-refractivity contribution in [3.63, 3.8) is 0 Å². The standard InChI is InChI=1S/C47H82O4/c1-3-5-7-9-11-13-15-17-19-21-22-23-24-25-27-29-31-33-35-37-39-41-43-50-45-46(44-48)51-47(49)42-40-38-36-34-32-30-28-26-20-18-16-14-12-10-8-6-4-2/h5,7,11,13,17,19,22-23,25,27,31,33,46,48H,3-4,6,8-10,12,14-16,18,20-21,24,26,28-30,32,34-45H2,1-2H3/b7-5-,13-11-,19-17-,23-22-,27-25-,33-31-. The smallest absolute Gasteiger partial charge is 0.306 e. The van der Waals surface area contributed by atoms with Gasteiger partial charge in [-0.1, -0.05) is 196 Å². The molecule has 1 atom stereocenters. The first-order valence-electron chi connectivity index (χ1n) is 21.5. The Hall–Kier alpha value is -2.17. The Bertz CT molecular complexity index is 881. The summed E-state index contributed by atoms with van der Waals surface area (Å²) in [6.07, 6.45) is 59.6. The molecule has 0 aromatic rings. The van der Waals surface area contributed by atoms with E-state index in [1.54, 1.807) is 0 Å². The van der Waals surface area contributed by atoms with Crippen LogP contribution in [0.15, 0.2) is 72.9 Å². The van der Waals surface area contributed by atoms with Gasteiger partial charge < -0.3 is 14.6 Å². The second kappa shape index (κ2) is 44.0. The quantitative estimate of drug-likeness (QED) is 0.0392. The number of aliphatic hydroxyl groups excluding tert-OH is 1.